The lowest BCUT2D eigenvalue weighted by atomic mass is 9.76. The molecule has 1 saturated carbocycles. The van der Waals surface area contributed by atoms with Crippen molar-refractivity contribution in [3.63, 3.8) is 0 Å². The Morgan fingerprint density at radius 3 is 2.07 bits per heavy atom. The zero-order valence-electron chi connectivity index (χ0n) is 10.6. The van der Waals surface area contributed by atoms with Gasteiger partial charge in [-0.1, -0.05) is 40.0 Å². The minimum absolute atomic E-state index is 0.0195. The molecule has 1 aliphatic rings. The topological polar surface area (TPSA) is 29.5 Å². The number of methoxy groups -OCH3 is 1. The van der Waals surface area contributed by atoms with E-state index in [-0.39, 0.29) is 17.6 Å². The number of ether oxygens (including phenoxy) is 1. The number of aliphatic hydroxyl groups excluding tert-OH is 1. The quantitative estimate of drug-likeness (QED) is 0.782. The molecule has 15 heavy (non-hydrogen) atoms. The highest BCUT2D eigenvalue weighted by Gasteiger charge is 2.36. The number of aliphatic hydroxyl groups is 1. The number of rotatable bonds is 3. The smallest absolute Gasteiger partial charge is 0.0880 e. The van der Waals surface area contributed by atoms with E-state index < -0.39 is 0 Å². The molecular formula is C13H26O2. The highest BCUT2D eigenvalue weighted by Crippen LogP contribution is 2.34. The molecule has 1 fully saturated rings. The minimum atomic E-state index is -0.296. The average molecular weight is 214 g/mol. The molecule has 90 valence electrons. The van der Waals surface area contributed by atoms with Gasteiger partial charge in [0.15, 0.2) is 0 Å². The lowest BCUT2D eigenvalue weighted by molar-refractivity contribution is -0.0979. The van der Waals surface area contributed by atoms with Crippen LogP contribution < -0.4 is 0 Å². The maximum absolute atomic E-state index is 10.3. The fourth-order valence-electron chi connectivity index (χ4n) is 2.73. The van der Waals surface area contributed by atoms with Crippen LogP contribution in [0.5, 0.6) is 0 Å². The van der Waals surface area contributed by atoms with E-state index in [1.165, 1.54) is 19.3 Å². The maximum Gasteiger partial charge on any atom is 0.0880 e. The van der Waals surface area contributed by atoms with E-state index in [2.05, 4.69) is 20.8 Å². The van der Waals surface area contributed by atoms with Crippen molar-refractivity contribution in [3.05, 3.63) is 0 Å². The summed E-state index contributed by atoms with van der Waals surface area (Å²) in [4.78, 5) is 0. The summed E-state index contributed by atoms with van der Waals surface area (Å²) in [5.41, 5.74) is 0.0195. The molecule has 0 aliphatic heterocycles. The molecule has 2 nitrogen and oxygen atoms in total. The highest BCUT2D eigenvalue weighted by molar-refractivity contribution is 4.86. The molecule has 0 spiro atoms. The van der Waals surface area contributed by atoms with Gasteiger partial charge in [-0.3, -0.25) is 0 Å². The van der Waals surface area contributed by atoms with Crippen LogP contribution in [0.2, 0.25) is 0 Å². The second-order valence-corrected chi connectivity index (χ2v) is 5.91. The van der Waals surface area contributed by atoms with Crippen LogP contribution in [0.1, 0.15) is 52.9 Å². The molecule has 1 N–H and O–H groups in total. The van der Waals surface area contributed by atoms with Crippen LogP contribution >= 0.6 is 0 Å². The van der Waals surface area contributed by atoms with E-state index >= 15 is 0 Å². The van der Waals surface area contributed by atoms with Crippen molar-refractivity contribution >= 4 is 0 Å². The van der Waals surface area contributed by atoms with E-state index in [4.69, 9.17) is 4.74 Å². The predicted molar refractivity (Wildman–Crippen MR) is 62.8 cm³/mol. The Hall–Kier alpha value is -0.0800. The minimum Gasteiger partial charge on any atom is -0.390 e. The van der Waals surface area contributed by atoms with Gasteiger partial charge in [0.2, 0.25) is 0 Å². The average Bonchev–Trinajstić information content (AvgIpc) is 2.18. The predicted octanol–water partition coefficient (Wildman–Crippen LogP) is 2.99. The summed E-state index contributed by atoms with van der Waals surface area (Å²) < 4.78 is 5.48. The molecule has 1 rings (SSSR count). The third-order valence-corrected chi connectivity index (χ3v) is 3.55. The summed E-state index contributed by atoms with van der Waals surface area (Å²) in [6, 6.07) is 0. The van der Waals surface area contributed by atoms with Gasteiger partial charge in [0, 0.05) is 7.11 Å². The summed E-state index contributed by atoms with van der Waals surface area (Å²) >= 11 is 0. The van der Waals surface area contributed by atoms with Crippen molar-refractivity contribution in [3.8, 4) is 0 Å². The molecular weight excluding hydrogens is 188 g/mol. The van der Waals surface area contributed by atoms with Crippen LogP contribution in [0.4, 0.5) is 0 Å². The second-order valence-electron chi connectivity index (χ2n) is 5.91. The van der Waals surface area contributed by atoms with Crippen LogP contribution in [-0.2, 0) is 4.74 Å². The van der Waals surface area contributed by atoms with Gasteiger partial charge in [-0.25, -0.2) is 0 Å². The first-order valence-corrected chi connectivity index (χ1v) is 6.17. The molecule has 2 heteroatoms. The molecule has 0 aromatic heterocycles. The summed E-state index contributed by atoms with van der Waals surface area (Å²) in [5.74, 6) is 0.447. The van der Waals surface area contributed by atoms with Crippen molar-refractivity contribution in [2.45, 2.75) is 65.1 Å². The van der Waals surface area contributed by atoms with Crippen molar-refractivity contribution in [2.75, 3.05) is 7.11 Å². The van der Waals surface area contributed by atoms with Gasteiger partial charge >= 0.3 is 0 Å². The van der Waals surface area contributed by atoms with Crippen LogP contribution in [0, 0.1) is 11.3 Å². The van der Waals surface area contributed by atoms with Crippen LogP contribution in [0.25, 0.3) is 0 Å². The Balaban J connectivity index is 2.59. The van der Waals surface area contributed by atoms with E-state index in [0.29, 0.717) is 5.92 Å². The Morgan fingerprint density at radius 2 is 1.67 bits per heavy atom. The van der Waals surface area contributed by atoms with Gasteiger partial charge in [0.05, 0.1) is 12.2 Å². The normalized spacial score (nSPS) is 23.8. The molecule has 0 amide bonds. The zero-order chi connectivity index (χ0) is 11.5. The summed E-state index contributed by atoms with van der Waals surface area (Å²) in [6.07, 6.45) is 5.85. The third-order valence-electron chi connectivity index (χ3n) is 3.55. The first-order valence-electron chi connectivity index (χ1n) is 6.17. The van der Waals surface area contributed by atoms with Crippen LogP contribution in [-0.4, -0.2) is 24.4 Å². The first kappa shape index (κ1) is 13.0. The summed E-state index contributed by atoms with van der Waals surface area (Å²) in [7, 11) is 1.71. The molecule has 1 aliphatic carbocycles. The van der Waals surface area contributed by atoms with Gasteiger partial charge in [-0.05, 0) is 24.2 Å². The summed E-state index contributed by atoms with van der Waals surface area (Å²) in [6.45, 7) is 6.40. The van der Waals surface area contributed by atoms with Gasteiger partial charge in [-0.2, -0.15) is 0 Å². The summed E-state index contributed by atoms with van der Waals surface area (Å²) in [5, 5.41) is 10.3. The fourth-order valence-corrected chi connectivity index (χ4v) is 2.73. The number of hydrogen-bond donors (Lipinski definition) is 1. The standard InChI is InChI=1S/C13H26O2/c1-13(2,3)12(15-4)11(14)10-8-6-5-7-9-10/h10-12,14H,5-9H2,1-4H3. The van der Waals surface area contributed by atoms with Gasteiger partial charge < -0.3 is 9.84 Å². The molecule has 2 unspecified atom stereocenters. The fraction of sp³-hybridized carbons (Fsp3) is 1.00. The zero-order valence-corrected chi connectivity index (χ0v) is 10.6. The second kappa shape index (κ2) is 5.31. The molecule has 0 radical (unpaired) electrons. The number of hydrogen-bond acceptors (Lipinski definition) is 2. The molecule has 0 saturated heterocycles. The van der Waals surface area contributed by atoms with E-state index in [1.54, 1.807) is 7.11 Å². The monoisotopic (exact) mass is 214 g/mol. The molecule has 2 atom stereocenters. The van der Waals surface area contributed by atoms with Gasteiger partial charge in [-0.15, -0.1) is 0 Å². The first-order chi connectivity index (χ1) is 6.96. The van der Waals surface area contributed by atoms with Crippen molar-refractivity contribution in [2.24, 2.45) is 11.3 Å². The van der Waals surface area contributed by atoms with E-state index in [9.17, 15) is 5.11 Å². The lowest BCUT2D eigenvalue weighted by Gasteiger charge is -2.38. The Kier molecular flexibility index (Phi) is 4.60. The molecule has 0 bridgehead atoms. The Labute approximate surface area is 94.0 Å². The molecule has 0 heterocycles. The molecule has 0 aromatic carbocycles. The van der Waals surface area contributed by atoms with E-state index in [1.807, 2.05) is 0 Å². The van der Waals surface area contributed by atoms with Crippen LogP contribution in [0.15, 0.2) is 0 Å². The molecule has 0 aromatic rings. The maximum atomic E-state index is 10.3. The third kappa shape index (κ3) is 3.46. The van der Waals surface area contributed by atoms with Gasteiger partial charge in [0.25, 0.3) is 0 Å². The van der Waals surface area contributed by atoms with Crippen LogP contribution in [0.3, 0.4) is 0 Å². The van der Waals surface area contributed by atoms with Crippen molar-refractivity contribution < 1.29 is 9.84 Å². The van der Waals surface area contributed by atoms with Crippen molar-refractivity contribution in [1.82, 2.24) is 0 Å². The largest absolute Gasteiger partial charge is 0.390 e. The highest BCUT2D eigenvalue weighted by atomic mass is 16.5. The van der Waals surface area contributed by atoms with Gasteiger partial charge in [0.1, 0.15) is 0 Å². The lowest BCUT2D eigenvalue weighted by Crippen LogP contribution is -2.44. The Bertz CT molecular complexity index is 177. The van der Waals surface area contributed by atoms with E-state index in [0.717, 1.165) is 12.8 Å². The Morgan fingerprint density at radius 1 is 1.13 bits per heavy atom. The van der Waals surface area contributed by atoms with Crippen molar-refractivity contribution in [1.29, 1.82) is 0 Å². The SMILES string of the molecule is COC(C(O)C1CCCCC1)C(C)(C)C.